The standard InChI is InChI=1S/C30H23Br2FN2O4S/c1-3-38-29(37)25-17(2)34-30-35(26(25)20-7-5-4-6-8-20)28(36)24(40-30)15-19-13-22(31)27(23(32)14-19)39-16-18-9-11-21(33)12-10-18/h4-15,26H,3,16H2,1-2H3/b24-15-/t26-/m0/s1. The second-order valence-electron chi connectivity index (χ2n) is 8.94. The van der Waals surface area contributed by atoms with E-state index in [0.29, 0.717) is 35.3 Å². The van der Waals surface area contributed by atoms with Crippen molar-refractivity contribution in [2.75, 3.05) is 6.61 Å². The summed E-state index contributed by atoms with van der Waals surface area (Å²) in [5, 5.41) is 0. The van der Waals surface area contributed by atoms with Gasteiger partial charge in [-0.3, -0.25) is 9.36 Å². The SMILES string of the molecule is CCOC(=O)C1=C(C)N=c2s/c(=C\c3cc(Br)c(OCc4ccc(F)cc4)c(Br)c3)c(=O)n2[C@H]1c1ccccc1. The molecule has 0 unspecified atom stereocenters. The quantitative estimate of drug-likeness (QED) is 0.223. The first kappa shape index (κ1) is 28.2. The predicted molar refractivity (Wildman–Crippen MR) is 159 cm³/mol. The van der Waals surface area contributed by atoms with Crippen molar-refractivity contribution >= 4 is 55.2 Å². The minimum absolute atomic E-state index is 0.217. The molecule has 0 fully saturated rings. The zero-order valence-corrected chi connectivity index (χ0v) is 25.5. The Morgan fingerprint density at radius 3 is 2.42 bits per heavy atom. The van der Waals surface area contributed by atoms with Crippen molar-refractivity contribution < 1.29 is 18.7 Å². The second-order valence-corrected chi connectivity index (χ2v) is 11.7. The molecule has 0 N–H and O–H groups in total. The number of esters is 1. The van der Waals surface area contributed by atoms with Crippen LogP contribution in [0.1, 0.15) is 36.6 Å². The van der Waals surface area contributed by atoms with Crippen LogP contribution in [0.25, 0.3) is 6.08 Å². The average molecular weight is 686 g/mol. The van der Waals surface area contributed by atoms with Gasteiger partial charge in [0.2, 0.25) is 0 Å². The Kier molecular flexibility index (Phi) is 8.48. The highest BCUT2D eigenvalue weighted by molar-refractivity contribution is 9.11. The van der Waals surface area contributed by atoms with Gasteiger partial charge in [-0.25, -0.2) is 14.2 Å². The molecule has 1 atom stereocenters. The van der Waals surface area contributed by atoms with Gasteiger partial charge >= 0.3 is 5.97 Å². The number of hydrogen-bond donors (Lipinski definition) is 0. The number of benzene rings is 3. The summed E-state index contributed by atoms with van der Waals surface area (Å²) in [5.74, 6) is -0.208. The number of ether oxygens (including phenoxy) is 2. The summed E-state index contributed by atoms with van der Waals surface area (Å²) in [5.41, 5.74) is 3.00. The van der Waals surface area contributed by atoms with Gasteiger partial charge in [0.25, 0.3) is 5.56 Å². The highest BCUT2D eigenvalue weighted by atomic mass is 79.9. The molecule has 40 heavy (non-hydrogen) atoms. The van der Waals surface area contributed by atoms with Gasteiger partial charge in [0, 0.05) is 0 Å². The molecule has 5 rings (SSSR count). The number of allylic oxidation sites excluding steroid dienone is 1. The molecule has 0 saturated heterocycles. The number of thiazole rings is 1. The summed E-state index contributed by atoms with van der Waals surface area (Å²) in [6, 6.07) is 18.6. The van der Waals surface area contributed by atoms with Crippen molar-refractivity contribution in [1.29, 1.82) is 0 Å². The number of aromatic nitrogens is 1. The lowest BCUT2D eigenvalue weighted by Crippen LogP contribution is -2.39. The van der Waals surface area contributed by atoms with Crippen LogP contribution in [-0.4, -0.2) is 17.1 Å². The predicted octanol–water partition coefficient (Wildman–Crippen LogP) is 6.04. The first-order valence-electron chi connectivity index (χ1n) is 12.4. The lowest BCUT2D eigenvalue weighted by molar-refractivity contribution is -0.139. The molecular weight excluding hydrogens is 663 g/mol. The van der Waals surface area contributed by atoms with Crippen LogP contribution in [0.4, 0.5) is 4.39 Å². The van der Waals surface area contributed by atoms with E-state index in [4.69, 9.17) is 9.47 Å². The van der Waals surface area contributed by atoms with Crippen molar-refractivity contribution in [3.63, 3.8) is 0 Å². The van der Waals surface area contributed by atoms with Gasteiger partial charge in [-0.2, -0.15) is 0 Å². The van der Waals surface area contributed by atoms with E-state index in [2.05, 4.69) is 36.9 Å². The van der Waals surface area contributed by atoms with Gasteiger partial charge in [0.15, 0.2) is 4.80 Å². The molecule has 1 aromatic heterocycles. The van der Waals surface area contributed by atoms with E-state index in [-0.39, 0.29) is 24.6 Å². The number of halogens is 3. The smallest absolute Gasteiger partial charge is 0.338 e. The van der Waals surface area contributed by atoms with E-state index in [1.54, 1.807) is 36.6 Å². The third kappa shape index (κ3) is 5.75. The number of fused-ring (bicyclic) bond motifs is 1. The molecule has 3 aromatic carbocycles. The monoisotopic (exact) mass is 684 g/mol. The number of carbonyl (C=O) groups excluding carboxylic acids is 1. The third-order valence-electron chi connectivity index (χ3n) is 6.25. The molecule has 0 amide bonds. The van der Waals surface area contributed by atoms with Crippen LogP contribution in [0.15, 0.2) is 96.7 Å². The molecule has 4 aromatic rings. The van der Waals surface area contributed by atoms with E-state index >= 15 is 0 Å². The summed E-state index contributed by atoms with van der Waals surface area (Å²) >= 11 is 8.39. The van der Waals surface area contributed by atoms with E-state index in [0.717, 1.165) is 16.7 Å². The first-order chi connectivity index (χ1) is 19.3. The molecule has 0 spiro atoms. The molecule has 6 nitrogen and oxygen atoms in total. The molecule has 10 heteroatoms. The topological polar surface area (TPSA) is 69.9 Å². The van der Waals surface area contributed by atoms with Gasteiger partial charge in [-0.1, -0.05) is 53.8 Å². The van der Waals surface area contributed by atoms with E-state index in [1.807, 2.05) is 42.5 Å². The normalized spacial score (nSPS) is 15.0. The molecule has 1 aliphatic heterocycles. The van der Waals surface area contributed by atoms with Gasteiger partial charge in [0.1, 0.15) is 18.2 Å². The number of carbonyl (C=O) groups is 1. The van der Waals surface area contributed by atoms with Crippen LogP contribution in [0.5, 0.6) is 5.75 Å². The fourth-order valence-corrected chi connectivity index (χ4v) is 6.93. The summed E-state index contributed by atoms with van der Waals surface area (Å²) in [7, 11) is 0. The van der Waals surface area contributed by atoms with Crippen LogP contribution in [0, 0.1) is 5.82 Å². The van der Waals surface area contributed by atoms with Crippen molar-refractivity contribution in [3.05, 3.63) is 129 Å². The zero-order valence-electron chi connectivity index (χ0n) is 21.5. The number of nitrogens with zero attached hydrogens (tertiary/aromatic N) is 2. The molecule has 1 aliphatic rings. The minimum atomic E-state index is -0.653. The van der Waals surface area contributed by atoms with Crippen molar-refractivity contribution in [2.45, 2.75) is 26.5 Å². The van der Waals surface area contributed by atoms with E-state index in [1.165, 1.54) is 23.5 Å². The fourth-order valence-electron chi connectivity index (χ4n) is 4.43. The highest BCUT2D eigenvalue weighted by Gasteiger charge is 2.33. The molecular formula is C30H23Br2FN2O4S. The maximum absolute atomic E-state index is 13.8. The fraction of sp³-hybridized carbons (Fsp3) is 0.167. The number of rotatable bonds is 7. The molecule has 2 heterocycles. The Bertz CT molecular complexity index is 1780. The maximum Gasteiger partial charge on any atom is 0.338 e. The Balaban J connectivity index is 1.54. The van der Waals surface area contributed by atoms with Gasteiger partial charge < -0.3 is 9.47 Å². The lowest BCUT2D eigenvalue weighted by Gasteiger charge is -2.24. The molecule has 0 bridgehead atoms. The molecule has 204 valence electrons. The summed E-state index contributed by atoms with van der Waals surface area (Å²) in [4.78, 5) is 31.9. The van der Waals surface area contributed by atoms with Crippen LogP contribution in [0.2, 0.25) is 0 Å². The van der Waals surface area contributed by atoms with E-state index < -0.39 is 12.0 Å². The maximum atomic E-state index is 13.8. The van der Waals surface area contributed by atoms with Gasteiger partial charge in [0.05, 0.1) is 37.4 Å². The average Bonchev–Trinajstić information content (AvgIpc) is 3.23. The van der Waals surface area contributed by atoms with Gasteiger partial charge in [-0.15, -0.1) is 0 Å². The Morgan fingerprint density at radius 1 is 1.10 bits per heavy atom. The molecule has 0 saturated carbocycles. The largest absolute Gasteiger partial charge is 0.487 e. The second kappa shape index (κ2) is 12.0. The van der Waals surface area contributed by atoms with E-state index in [9.17, 15) is 14.0 Å². The summed E-state index contributed by atoms with van der Waals surface area (Å²) < 4.78 is 27.9. The Labute approximate surface area is 250 Å². The first-order valence-corrected chi connectivity index (χ1v) is 14.8. The molecule has 0 aliphatic carbocycles. The highest BCUT2D eigenvalue weighted by Crippen LogP contribution is 2.36. The molecule has 0 radical (unpaired) electrons. The van der Waals surface area contributed by atoms with Crippen LogP contribution in [0.3, 0.4) is 0 Å². The zero-order chi connectivity index (χ0) is 28.4. The lowest BCUT2D eigenvalue weighted by atomic mass is 9.96. The summed E-state index contributed by atoms with van der Waals surface area (Å²) in [6.45, 7) is 3.99. The van der Waals surface area contributed by atoms with Gasteiger partial charge in [-0.05, 0) is 92.7 Å². The van der Waals surface area contributed by atoms with Crippen LogP contribution in [-0.2, 0) is 16.1 Å². The van der Waals surface area contributed by atoms with Crippen molar-refractivity contribution in [3.8, 4) is 5.75 Å². The Hall–Kier alpha value is -3.34. The third-order valence-corrected chi connectivity index (χ3v) is 8.41. The Morgan fingerprint density at radius 2 is 1.77 bits per heavy atom. The summed E-state index contributed by atoms with van der Waals surface area (Å²) in [6.07, 6.45) is 1.79. The van der Waals surface area contributed by atoms with Crippen LogP contribution >= 0.6 is 43.2 Å². The van der Waals surface area contributed by atoms with Crippen LogP contribution < -0.4 is 19.6 Å². The minimum Gasteiger partial charge on any atom is -0.487 e. The van der Waals surface area contributed by atoms with Crippen molar-refractivity contribution in [2.24, 2.45) is 4.99 Å². The van der Waals surface area contributed by atoms with Crippen molar-refractivity contribution in [1.82, 2.24) is 4.57 Å². The number of hydrogen-bond acceptors (Lipinski definition) is 6.